The minimum atomic E-state index is -0.381. The number of amides is 1. The number of nitrogens with one attached hydrogen (secondary N) is 1. The average Bonchev–Trinajstić information content (AvgIpc) is 2.36. The molecule has 1 amide bonds. The molecule has 0 aromatic rings. The van der Waals surface area contributed by atoms with Crippen molar-refractivity contribution < 1.29 is 4.79 Å². The predicted octanol–water partition coefficient (Wildman–Crippen LogP) is -0.180. The minimum Gasteiger partial charge on any atom is -0.313 e. The van der Waals surface area contributed by atoms with Gasteiger partial charge in [0.05, 0.1) is 18.1 Å². The Morgan fingerprint density at radius 1 is 1.60 bits per heavy atom. The number of carbonyl (C=O) groups is 1. The Labute approximate surface area is 56.6 Å². The highest BCUT2D eigenvalue weighted by atomic mass is 16.1. The lowest BCUT2D eigenvalue weighted by Crippen LogP contribution is -2.32. The topological polar surface area (TPSA) is 66.2 Å². The van der Waals surface area contributed by atoms with E-state index in [0.717, 1.165) is 0 Å². The first-order valence-corrected chi connectivity index (χ1v) is 2.80. The average molecular weight is 136 g/mol. The minimum absolute atomic E-state index is 0.162. The van der Waals surface area contributed by atoms with Gasteiger partial charge in [0.2, 0.25) is 0 Å². The van der Waals surface area contributed by atoms with E-state index in [9.17, 15) is 4.79 Å². The molecule has 0 aliphatic carbocycles. The number of hydrogen-bond acceptors (Lipinski definition) is 4. The van der Waals surface area contributed by atoms with Gasteiger partial charge in [-0.15, -0.1) is 0 Å². The van der Waals surface area contributed by atoms with E-state index in [0.29, 0.717) is 5.57 Å². The maximum Gasteiger partial charge on any atom is 0.258 e. The fraction of sp³-hybridized carbons (Fsp3) is 0.200. The van der Waals surface area contributed by atoms with Gasteiger partial charge in [0.25, 0.3) is 5.91 Å². The number of azo groups is 1. The largest absolute Gasteiger partial charge is 0.313 e. The Morgan fingerprint density at radius 3 is 3.30 bits per heavy atom. The van der Waals surface area contributed by atoms with Crippen molar-refractivity contribution in [1.82, 2.24) is 5.32 Å². The van der Waals surface area contributed by atoms with Gasteiger partial charge in [-0.3, -0.25) is 4.79 Å². The van der Waals surface area contributed by atoms with Crippen molar-refractivity contribution in [2.75, 3.05) is 0 Å². The second-order valence-electron chi connectivity index (χ2n) is 1.94. The summed E-state index contributed by atoms with van der Waals surface area (Å²) in [5.41, 5.74) is 0.516. The van der Waals surface area contributed by atoms with Crippen LogP contribution in [0.4, 0.5) is 0 Å². The lowest BCUT2D eigenvalue weighted by atomic mass is 10.2. The molecule has 0 saturated heterocycles. The van der Waals surface area contributed by atoms with Gasteiger partial charge in [-0.05, 0) is 0 Å². The lowest BCUT2D eigenvalue weighted by molar-refractivity contribution is -0.116. The zero-order valence-corrected chi connectivity index (χ0v) is 4.98. The molecule has 5 nitrogen and oxygen atoms in total. The smallest absolute Gasteiger partial charge is 0.258 e. The van der Waals surface area contributed by atoms with Crippen LogP contribution in [0.2, 0.25) is 0 Å². The summed E-state index contributed by atoms with van der Waals surface area (Å²) < 4.78 is 0. The Balaban J connectivity index is 2.41. The molecular weight excluding hydrogens is 132 g/mol. The molecule has 0 radical (unpaired) electrons. The summed E-state index contributed by atoms with van der Waals surface area (Å²) in [6.45, 7) is 0. The van der Waals surface area contributed by atoms with E-state index in [1.165, 1.54) is 12.5 Å². The van der Waals surface area contributed by atoms with E-state index in [1.807, 2.05) is 0 Å². The first-order valence-electron chi connectivity index (χ1n) is 2.80. The molecule has 0 bridgehead atoms. The molecule has 1 N–H and O–H groups in total. The van der Waals surface area contributed by atoms with Gasteiger partial charge in [-0.25, -0.2) is 4.99 Å². The number of carbonyl (C=O) groups excluding carboxylic acids is 1. The van der Waals surface area contributed by atoms with Crippen LogP contribution in [0.3, 0.4) is 0 Å². The summed E-state index contributed by atoms with van der Waals surface area (Å²) in [6.07, 6.45) is 2.39. The van der Waals surface area contributed by atoms with Crippen LogP contribution < -0.4 is 5.32 Å². The van der Waals surface area contributed by atoms with Crippen molar-refractivity contribution in [2.45, 2.75) is 6.17 Å². The van der Waals surface area contributed by atoms with Crippen LogP contribution in [0, 0.1) is 0 Å². The van der Waals surface area contributed by atoms with Crippen LogP contribution >= 0.6 is 0 Å². The lowest BCUT2D eigenvalue weighted by Gasteiger charge is -2.09. The van der Waals surface area contributed by atoms with Crippen molar-refractivity contribution in [3.05, 3.63) is 11.8 Å². The molecule has 10 heavy (non-hydrogen) atoms. The van der Waals surface area contributed by atoms with Crippen LogP contribution in [-0.4, -0.2) is 18.4 Å². The molecule has 2 heterocycles. The summed E-state index contributed by atoms with van der Waals surface area (Å²) in [6, 6.07) is 0. The molecule has 0 fully saturated rings. The van der Waals surface area contributed by atoms with Gasteiger partial charge in [-0.1, -0.05) is 0 Å². The van der Waals surface area contributed by atoms with Crippen molar-refractivity contribution in [2.24, 2.45) is 15.2 Å². The fourth-order valence-electron chi connectivity index (χ4n) is 0.823. The molecule has 2 aliphatic rings. The molecule has 2 aliphatic heterocycles. The third-order valence-corrected chi connectivity index (χ3v) is 1.32. The predicted molar refractivity (Wildman–Crippen MR) is 33.4 cm³/mol. The Kier molecular flexibility index (Phi) is 0.913. The summed E-state index contributed by atoms with van der Waals surface area (Å²) in [5, 5.41) is 9.68. The normalized spacial score (nSPS) is 27.8. The highest BCUT2D eigenvalue weighted by Crippen LogP contribution is 2.17. The third-order valence-electron chi connectivity index (χ3n) is 1.32. The molecule has 2 rings (SSSR count). The van der Waals surface area contributed by atoms with E-state index in [4.69, 9.17) is 0 Å². The van der Waals surface area contributed by atoms with Crippen LogP contribution in [0.25, 0.3) is 0 Å². The molecule has 1 unspecified atom stereocenters. The van der Waals surface area contributed by atoms with Gasteiger partial charge in [0.1, 0.15) is 0 Å². The SMILES string of the molecule is O=C1NC=NC2N=NC=C12. The van der Waals surface area contributed by atoms with Gasteiger partial charge < -0.3 is 5.32 Å². The first kappa shape index (κ1) is 5.28. The highest BCUT2D eigenvalue weighted by Gasteiger charge is 2.25. The quantitative estimate of drug-likeness (QED) is 0.493. The van der Waals surface area contributed by atoms with Crippen LogP contribution in [0.1, 0.15) is 0 Å². The molecule has 0 aromatic carbocycles. The maximum atomic E-state index is 10.9. The Hall–Kier alpha value is -1.52. The van der Waals surface area contributed by atoms with E-state index >= 15 is 0 Å². The standard InChI is InChI=1S/C5H4N4O/c10-5-3-1-8-9-4(3)6-2-7-5/h1-2,4H,(H,6,7,10). The fourth-order valence-corrected chi connectivity index (χ4v) is 0.823. The molecular formula is C5H4N4O. The van der Waals surface area contributed by atoms with Crippen molar-refractivity contribution in [3.8, 4) is 0 Å². The van der Waals surface area contributed by atoms with E-state index in [-0.39, 0.29) is 12.1 Å². The molecule has 0 aromatic heterocycles. The van der Waals surface area contributed by atoms with Crippen LogP contribution in [0.15, 0.2) is 27.0 Å². The first-order chi connectivity index (χ1) is 4.88. The molecule has 5 heteroatoms. The highest BCUT2D eigenvalue weighted by molar-refractivity contribution is 6.03. The zero-order valence-electron chi connectivity index (χ0n) is 4.98. The van der Waals surface area contributed by atoms with E-state index in [1.54, 1.807) is 0 Å². The second-order valence-corrected chi connectivity index (χ2v) is 1.94. The number of rotatable bonds is 0. The third kappa shape index (κ3) is 0.570. The monoisotopic (exact) mass is 136 g/mol. The van der Waals surface area contributed by atoms with Crippen molar-refractivity contribution >= 4 is 12.2 Å². The van der Waals surface area contributed by atoms with Gasteiger partial charge in [0.15, 0.2) is 6.17 Å². The number of fused-ring (bicyclic) bond motifs is 1. The summed E-state index contributed by atoms with van der Waals surface area (Å²) in [7, 11) is 0. The molecule has 0 saturated carbocycles. The second kappa shape index (κ2) is 1.73. The Morgan fingerprint density at radius 2 is 2.50 bits per heavy atom. The number of hydrogen-bond donors (Lipinski definition) is 1. The summed E-state index contributed by atoms with van der Waals surface area (Å²) >= 11 is 0. The van der Waals surface area contributed by atoms with Crippen molar-refractivity contribution in [3.63, 3.8) is 0 Å². The van der Waals surface area contributed by atoms with Crippen molar-refractivity contribution in [1.29, 1.82) is 0 Å². The van der Waals surface area contributed by atoms with Gasteiger partial charge >= 0.3 is 0 Å². The summed E-state index contributed by atoms with van der Waals surface area (Å²) in [5.74, 6) is -0.162. The van der Waals surface area contributed by atoms with Gasteiger partial charge in [-0.2, -0.15) is 10.2 Å². The van der Waals surface area contributed by atoms with Crippen LogP contribution in [0.5, 0.6) is 0 Å². The Bertz CT molecular complexity index is 265. The van der Waals surface area contributed by atoms with E-state index in [2.05, 4.69) is 20.5 Å². The zero-order chi connectivity index (χ0) is 6.97. The summed E-state index contributed by atoms with van der Waals surface area (Å²) in [4.78, 5) is 14.7. The maximum absolute atomic E-state index is 10.9. The van der Waals surface area contributed by atoms with Crippen LogP contribution in [-0.2, 0) is 4.79 Å². The molecule has 0 spiro atoms. The van der Waals surface area contributed by atoms with E-state index < -0.39 is 0 Å². The van der Waals surface area contributed by atoms with Gasteiger partial charge in [0, 0.05) is 0 Å². The molecule has 1 atom stereocenters. The number of nitrogens with zero attached hydrogens (tertiary/aromatic N) is 3. The molecule has 50 valence electrons. The number of aliphatic imine (C=N–C) groups is 1.